The molecule has 0 aromatic heterocycles. The van der Waals surface area contributed by atoms with Gasteiger partial charge in [0.1, 0.15) is 0 Å². The first-order chi connectivity index (χ1) is 8.08. The molecule has 0 spiro atoms. The van der Waals surface area contributed by atoms with Gasteiger partial charge in [0.25, 0.3) is 0 Å². The average Bonchev–Trinajstić information content (AvgIpc) is 2.32. The zero-order chi connectivity index (χ0) is 12.4. The molecule has 0 amide bonds. The molecule has 2 rings (SSSR count). The predicted molar refractivity (Wildman–Crippen MR) is 74.3 cm³/mol. The van der Waals surface area contributed by atoms with Crippen LogP contribution in [-0.4, -0.2) is 17.7 Å². The fraction of sp³-hybridized carbons (Fsp3) is 0.538. The second-order valence-electron chi connectivity index (χ2n) is 4.81. The fourth-order valence-corrected chi connectivity index (χ4v) is 2.75. The van der Waals surface area contributed by atoms with Gasteiger partial charge in [-0.15, -0.1) is 0 Å². The predicted octanol–water partition coefficient (Wildman–Crippen LogP) is 3.52. The van der Waals surface area contributed by atoms with Crippen LogP contribution in [0.1, 0.15) is 31.4 Å². The Labute approximate surface area is 115 Å². The van der Waals surface area contributed by atoms with Gasteiger partial charge in [0.15, 0.2) is 0 Å². The Bertz CT molecular complexity index is 399. The minimum absolute atomic E-state index is 0.135. The maximum absolute atomic E-state index is 10.3. The highest BCUT2D eigenvalue weighted by Crippen LogP contribution is 2.30. The molecule has 2 N–H and O–H groups in total. The van der Waals surface area contributed by atoms with Crippen molar-refractivity contribution in [2.75, 3.05) is 6.54 Å². The third-order valence-electron chi connectivity index (χ3n) is 3.37. The van der Waals surface area contributed by atoms with Gasteiger partial charge in [0, 0.05) is 10.5 Å². The third-order valence-corrected chi connectivity index (χ3v) is 4.60. The van der Waals surface area contributed by atoms with Crippen LogP contribution in [-0.2, 0) is 0 Å². The van der Waals surface area contributed by atoms with E-state index in [4.69, 9.17) is 11.6 Å². The first-order valence-electron chi connectivity index (χ1n) is 5.94. The van der Waals surface area contributed by atoms with Crippen LogP contribution in [0.2, 0.25) is 5.02 Å². The van der Waals surface area contributed by atoms with E-state index in [-0.39, 0.29) is 6.04 Å². The van der Waals surface area contributed by atoms with Crippen LogP contribution in [0.3, 0.4) is 0 Å². The summed E-state index contributed by atoms with van der Waals surface area (Å²) in [6.45, 7) is 3.21. The van der Waals surface area contributed by atoms with E-state index < -0.39 is 6.10 Å². The molecular formula is C13H17BrClNO. The largest absolute Gasteiger partial charge is 0.387 e. The van der Waals surface area contributed by atoms with Crippen molar-refractivity contribution >= 4 is 27.5 Å². The number of hydrogen-bond acceptors (Lipinski definition) is 2. The van der Waals surface area contributed by atoms with Crippen molar-refractivity contribution in [3.05, 3.63) is 33.3 Å². The maximum atomic E-state index is 10.3. The molecule has 1 aromatic carbocycles. The van der Waals surface area contributed by atoms with Gasteiger partial charge in [0.2, 0.25) is 0 Å². The Morgan fingerprint density at radius 3 is 2.94 bits per heavy atom. The van der Waals surface area contributed by atoms with E-state index in [0.29, 0.717) is 10.9 Å². The number of benzene rings is 1. The molecule has 1 fully saturated rings. The molecule has 94 valence electrons. The summed E-state index contributed by atoms with van der Waals surface area (Å²) in [6, 6.07) is 5.77. The van der Waals surface area contributed by atoms with E-state index in [1.807, 2.05) is 18.2 Å². The average molecular weight is 319 g/mol. The molecule has 0 bridgehead atoms. The smallest absolute Gasteiger partial charge is 0.0943 e. The topological polar surface area (TPSA) is 32.3 Å². The molecule has 0 saturated carbocycles. The van der Waals surface area contributed by atoms with Gasteiger partial charge in [-0.1, -0.05) is 24.6 Å². The summed E-state index contributed by atoms with van der Waals surface area (Å²) in [5.74, 6) is 0.668. The van der Waals surface area contributed by atoms with Gasteiger partial charge < -0.3 is 10.4 Å². The highest BCUT2D eigenvalue weighted by Gasteiger charge is 2.26. The van der Waals surface area contributed by atoms with E-state index in [2.05, 4.69) is 28.2 Å². The summed E-state index contributed by atoms with van der Waals surface area (Å²) in [5.41, 5.74) is 0.879. The molecule has 2 nitrogen and oxygen atoms in total. The van der Waals surface area contributed by atoms with Crippen molar-refractivity contribution in [3.63, 3.8) is 0 Å². The van der Waals surface area contributed by atoms with E-state index in [9.17, 15) is 5.11 Å². The van der Waals surface area contributed by atoms with E-state index >= 15 is 0 Å². The molecule has 17 heavy (non-hydrogen) atoms. The van der Waals surface area contributed by atoms with Gasteiger partial charge in [-0.2, -0.15) is 0 Å². The lowest BCUT2D eigenvalue weighted by molar-refractivity contribution is 0.101. The Morgan fingerprint density at radius 1 is 1.53 bits per heavy atom. The summed E-state index contributed by atoms with van der Waals surface area (Å²) in [7, 11) is 0. The van der Waals surface area contributed by atoms with Crippen molar-refractivity contribution in [1.29, 1.82) is 0 Å². The maximum Gasteiger partial charge on any atom is 0.0943 e. The van der Waals surface area contributed by atoms with Crippen molar-refractivity contribution in [1.82, 2.24) is 5.32 Å². The van der Waals surface area contributed by atoms with E-state index in [1.54, 1.807) is 0 Å². The quantitative estimate of drug-likeness (QED) is 0.874. The summed E-state index contributed by atoms with van der Waals surface area (Å²) in [5, 5.41) is 14.4. The third kappa shape index (κ3) is 3.22. The molecule has 1 aliphatic rings. The van der Waals surface area contributed by atoms with Gasteiger partial charge in [0.05, 0.1) is 11.1 Å². The SMILES string of the molecule is CC1CCNC(C(O)c2ccc(Br)c(Cl)c2)C1. The van der Waals surface area contributed by atoms with E-state index in [1.165, 1.54) is 6.42 Å². The number of aliphatic hydroxyl groups excluding tert-OH is 1. The lowest BCUT2D eigenvalue weighted by Gasteiger charge is -2.32. The van der Waals surface area contributed by atoms with Gasteiger partial charge in [-0.25, -0.2) is 0 Å². The van der Waals surface area contributed by atoms with Crippen molar-refractivity contribution in [2.45, 2.75) is 31.9 Å². The summed E-state index contributed by atoms with van der Waals surface area (Å²) < 4.78 is 0.861. The number of halogens is 2. The molecule has 3 atom stereocenters. The number of piperidine rings is 1. The van der Waals surface area contributed by atoms with Crippen LogP contribution >= 0.6 is 27.5 Å². The normalized spacial score (nSPS) is 26.8. The molecule has 0 aliphatic carbocycles. The molecule has 1 aromatic rings. The van der Waals surface area contributed by atoms with Crippen LogP contribution in [0.25, 0.3) is 0 Å². The van der Waals surface area contributed by atoms with Crippen LogP contribution in [0, 0.1) is 5.92 Å². The molecule has 4 heteroatoms. The molecular weight excluding hydrogens is 302 g/mol. The van der Waals surface area contributed by atoms with Crippen LogP contribution in [0.15, 0.2) is 22.7 Å². The van der Waals surface area contributed by atoms with Crippen molar-refractivity contribution in [3.8, 4) is 0 Å². The number of aliphatic hydroxyl groups is 1. The second kappa shape index (κ2) is 5.70. The first-order valence-corrected chi connectivity index (χ1v) is 7.11. The molecule has 0 radical (unpaired) electrons. The Balaban J connectivity index is 2.12. The molecule has 3 unspecified atom stereocenters. The standard InChI is InChI=1S/C13H17BrClNO/c1-8-4-5-16-12(6-8)13(17)9-2-3-10(14)11(15)7-9/h2-3,7-8,12-13,16-17H,4-6H2,1H3. The fourth-order valence-electron chi connectivity index (χ4n) is 2.32. The zero-order valence-corrected chi connectivity index (χ0v) is 12.1. The Morgan fingerprint density at radius 2 is 2.29 bits per heavy atom. The zero-order valence-electron chi connectivity index (χ0n) is 9.79. The minimum atomic E-state index is -0.483. The highest BCUT2D eigenvalue weighted by atomic mass is 79.9. The molecule has 1 heterocycles. The van der Waals surface area contributed by atoms with Crippen LogP contribution in [0.5, 0.6) is 0 Å². The number of hydrogen-bond donors (Lipinski definition) is 2. The summed E-state index contributed by atoms with van der Waals surface area (Å²) in [6.07, 6.45) is 1.71. The minimum Gasteiger partial charge on any atom is -0.387 e. The second-order valence-corrected chi connectivity index (χ2v) is 6.07. The van der Waals surface area contributed by atoms with Crippen LogP contribution in [0.4, 0.5) is 0 Å². The molecule has 1 aliphatic heterocycles. The summed E-state index contributed by atoms with van der Waals surface area (Å²) in [4.78, 5) is 0. The van der Waals surface area contributed by atoms with Gasteiger partial charge in [-0.3, -0.25) is 0 Å². The first kappa shape index (κ1) is 13.3. The lowest BCUT2D eigenvalue weighted by Crippen LogP contribution is -2.41. The van der Waals surface area contributed by atoms with Crippen LogP contribution < -0.4 is 5.32 Å². The van der Waals surface area contributed by atoms with E-state index in [0.717, 1.165) is 23.0 Å². The van der Waals surface area contributed by atoms with Crippen molar-refractivity contribution < 1.29 is 5.11 Å². The van der Waals surface area contributed by atoms with Crippen molar-refractivity contribution in [2.24, 2.45) is 5.92 Å². The number of nitrogens with one attached hydrogen (secondary N) is 1. The molecule has 1 saturated heterocycles. The highest BCUT2D eigenvalue weighted by molar-refractivity contribution is 9.10. The van der Waals surface area contributed by atoms with Gasteiger partial charge >= 0.3 is 0 Å². The number of rotatable bonds is 2. The monoisotopic (exact) mass is 317 g/mol. The lowest BCUT2D eigenvalue weighted by atomic mass is 9.89. The Kier molecular flexibility index (Phi) is 4.47. The van der Waals surface area contributed by atoms with Gasteiger partial charge in [-0.05, 0) is 58.9 Å². The Hall–Kier alpha value is -0.0900. The summed E-state index contributed by atoms with van der Waals surface area (Å²) >= 11 is 9.40.